The number of aryl methyl sites for hydroxylation is 2. The number of hydrogen-bond acceptors (Lipinski definition) is 7. The first-order valence-electron chi connectivity index (χ1n) is 8.47. The van der Waals surface area contributed by atoms with Gasteiger partial charge in [0.05, 0.1) is 12.8 Å². The predicted octanol–water partition coefficient (Wildman–Crippen LogP) is -0.376. The highest BCUT2D eigenvalue weighted by Crippen LogP contribution is 2.17. The fourth-order valence-corrected chi connectivity index (χ4v) is 2.92. The normalized spacial score (nSPS) is 16.2. The topological polar surface area (TPSA) is 124 Å². The van der Waals surface area contributed by atoms with Gasteiger partial charge in [0.25, 0.3) is 5.91 Å². The molecule has 2 aromatic heterocycles. The number of nitrogens with zero attached hydrogens (tertiary/aromatic N) is 4. The third kappa shape index (κ3) is 4.26. The maximum Gasteiger partial charge on any atom is 0.269 e. The summed E-state index contributed by atoms with van der Waals surface area (Å²) in [5.74, 6) is 1.25. The first kappa shape index (κ1) is 18.1. The van der Waals surface area contributed by atoms with Gasteiger partial charge in [-0.3, -0.25) is 9.59 Å². The van der Waals surface area contributed by atoms with E-state index in [0.29, 0.717) is 37.6 Å². The molecule has 3 rings (SSSR count). The van der Waals surface area contributed by atoms with E-state index in [-0.39, 0.29) is 30.2 Å². The van der Waals surface area contributed by atoms with E-state index in [1.807, 2.05) is 4.57 Å². The Kier molecular flexibility index (Phi) is 5.61. The number of methoxy groups -OCH3 is 1. The molecule has 0 radical (unpaired) electrons. The van der Waals surface area contributed by atoms with E-state index >= 15 is 0 Å². The predicted molar refractivity (Wildman–Crippen MR) is 89.4 cm³/mol. The first-order chi connectivity index (χ1) is 12.6. The van der Waals surface area contributed by atoms with E-state index in [2.05, 4.69) is 25.8 Å². The van der Waals surface area contributed by atoms with E-state index in [4.69, 9.17) is 9.26 Å². The lowest BCUT2D eigenvalue weighted by Crippen LogP contribution is -2.42. The molecule has 0 bridgehead atoms. The molecule has 1 unspecified atom stereocenters. The summed E-state index contributed by atoms with van der Waals surface area (Å²) in [6.45, 7) is 3.07. The zero-order chi connectivity index (χ0) is 18.5. The lowest BCUT2D eigenvalue weighted by atomic mass is 10.1. The standard InChI is InChI=1S/C16H22N6O4/c1-10-19-15(26-21-10)7-14(23)20-11-3-4-13-18-8-12(22(13)9-11)16(24)17-5-6-25-2/h8,11H,3-7,9H2,1-2H3,(H,17,24)(H,20,23). The van der Waals surface area contributed by atoms with Crippen molar-refractivity contribution in [3.05, 3.63) is 29.4 Å². The summed E-state index contributed by atoms with van der Waals surface area (Å²) in [7, 11) is 1.58. The number of carbonyl (C=O) groups excluding carboxylic acids is 2. The summed E-state index contributed by atoms with van der Waals surface area (Å²) in [4.78, 5) is 32.8. The Morgan fingerprint density at radius 1 is 1.46 bits per heavy atom. The number of rotatable bonds is 7. The van der Waals surface area contributed by atoms with Crippen molar-refractivity contribution >= 4 is 11.8 Å². The SMILES string of the molecule is COCCNC(=O)c1cnc2n1CC(NC(=O)Cc1nc(C)no1)CC2. The van der Waals surface area contributed by atoms with E-state index in [1.54, 1.807) is 20.2 Å². The quantitative estimate of drug-likeness (QED) is 0.644. The molecule has 2 amide bonds. The van der Waals surface area contributed by atoms with Crippen molar-refractivity contribution in [2.24, 2.45) is 0 Å². The van der Waals surface area contributed by atoms with E-state index in [0.717, 1.165) is 12.2 Å². The summed E-state index contributed by atoms with van der Waals surface area (Å²) in [5, 5.41) is 9.41. The van der Waals surface area contributed by atoms with Crippen molar-refractivity contribution < 1.29 is 18.8 Å². The molecule has 26 heavy (non-hydrogen) atoms. The largest absolute Gasteiger partial charge is 0.383 e. The van der Waals surface area contributed by atoms with Gasteiger partial charge in [0.2, 0.25) is 11.8 Å². The summed E-state index contributed by atoms with van der Waals surface area (Å²) in [5.41, 5.74) is 0.488. The van der Waals surface area contributed by atoms with Crippen LogP contribution in [0, 0.1) is 6.92 Å². The van der Waals surface area contributed by atoms with Crippen LogP contribution in [0.2, 0.25) is 0 Å². The number of carbonyl (C=O) groups is 2. The molecule has 140 valence electrons. The summed E-state index contributed by atoms with van der Waals surface area (Å²) < 4.78 is 11.8. The molecule has 0 saturated carbocycles. The number of amides is 2. The van der Waals surface area contributed by atoms with Crippen molar-refractivity contribution in [3.8, 4) is 0 Å². The monoisotopic (exact) mass is 362 g/mol. The second-order valence-electron chi connectivity index (χ2n) is 6.13. The Balaban J connectivity index is 1.59. The van der Waals surface area contributed by atoms with Gasteiger partial charge in [0.15, 0.2) is 5.82 Å². The molecule has 2 aromatic rings. The van der Waals surface area contributed by atoms with Gasteiger partial charge in [0.1, 0.15) is 17.9 Å². The number of fused-ring (bicyclic) bond motifs is 1. The fourth-order valence-electron chi connectivity index (χ4n) is 2.92. The van der Waals surface area contributed by atoms with Gasteiger partial charge in [-0.25, -0.2) is 4.98 Å². The number of hydrogen-bond donors (Lipinski definition) is 2. The van der Waals surface area contributed by atoms with Crippen molar-refractivity contribution in [2.45, 2.75) is 38.8 Å². The van der Waals surface area contributed by atoms with Gasteiger partial charge in [0, 0.05) is 32.7 Å². The smallest absolute Gasteiger partial charge is 0.269 e. The average Bonchev–Trinajstić information content (AvgIpc) is 3.20. The van der Waals surface area contributed by atoms with Crippen LogP contribution < -0.4 is 10.6 Å². The van der Waals surface area contributed by atoms with Crippen molar-refractivity contribution in [2.75, 3.05) is 20.3 Å². The summed E-state index contributed by atoms with van der Waals surface area (Å²) in [6, 6.07) is -0.0845. The van der Waals surface area contributed by atoms with Crippen LogP contribution >= 0.6 is 0 Å². The number of aromatic nitrogens is 4. The minimum Gasteiger partial charge on any atom is -0.383 e. The lowest BCUT2D eigenvalue weighted by molar-refractivity contribution is -0.121. The zero-order valence-electron chi connectivity index (χ0n) is 14.8. The molecule has 0 aliphatic carbocycles. The Morgan fingerprint density at radius 2 is 2.31 bits per heavy atom. The number of imidazole rings is 1. The van der Waals surface area contributed by atoms with Crippen molar-refractivity contribution in [1.29, 1.82) is 0 Å². The van der Waals surface area contributed by atoms with Crippen LogP contribution in [0.25, 0.3) is 0 Å². The van der Waals surface area contributed by atoms with Gasteiger partial charge in [-0.2, -0.15) is 4.98 Å². The Hall–Kier alpha value is -2.75. The van der Waals surface area contributed by atoms with Gasteiger partial charge >= 0.3 is 0 Å². The van der Waals surface area contributed by atoms with Gasteiger partial charge in [-0.1, -0.05) is 5.16 Å². The third-order valence-corrected chi connectivity index (χ3v) is 4.13. The third-order valence-electron chi connectivity index (χ3n) is 4.13. The van der Waals surface area contributed by atoms with Gasteiger partial charge in [-0.05, 0) is 13.3 Å². The summed E-state index contributed by atoms with van der Waals surface area (Å²) >= 11 is 0. The van der Waals surface area contributed by atoms with Gasteiger partial charge in [-0.15, -0.1) is 0 Å². The van der Waals surface area contributed by atoms with Crippen LogP contribution in [0.3, 0.4) is 0 Å². The Bertz CT molecular complexity index is 784. The number of ether oxygens (including phenoxy) is 1. The molecule has 1 aliphatic rings. The molecule has 2 N–H and O–H groups in total. The molecule has 0 spiro atoms. The molecule has 10 heteroatoms. The lowest BCUT2D eigenvalue weighted by Gasteiger charge is -2.25. The molecular weight excluding hydrogens is 340 g/mol. The van der Waals surface area contributed by atoms with Crippen LogP contribution in [0.15, 0.2) is 10.7 Å². The Morgan fingerprint density at radius 3 is 3.04 bits per heavy atom. The van der Waals surface area contributed by atoms with E-state index < -0.39 is 0 Å². The Labute approximate surface area is 150 Å². The summed E-state index contributed by atoms with van der Waals surface area (Å²) in [6.07, 6.45) is 3.06. The minimum atomic E-state index is -0.200. The molecule has 0 aromatic carbocycles. The van der Waals surface area contributed by atoms with Crippen LogP contribution in [-0.4, -0.2) is 57.8 Å². The van der Waals surface area contributed by atoms with Crippen LogP contribution in [0.4, 0.5) is 0 Å². The molecule has 0 saturated heterocycles. The minimum absolute atomic E-state index is 0.0402. The van der Waals surface area contributed by atoms with E-state index in [9.17, 15) is 9.59 Å². The highest BCUT2D eigenvalue weighted by Gasteiger charge is 2.25. The van der Waals surface area contributed by atoms with Crippen LogP contribution in [0.5, 0.6) is 0 Å². The maximum absolute atomic E-state index is 12.3. The highest BCUT2D eigenvalue weighted by molar-refractivity contribution is 5.92. The first-order valence-corrected chi connectivity index (χ1v) is 8.47. The molecule has 0 fully saturated rings. The van der Waals surface area contributed by atoms with Gasteiger partial charge < -0.3 is 24.5 Å². The second-order valence-corrected chi connectivity index (χ2v) is 6.13. The molecule has 3 heterocycles. The number of nitrogens with one attached hydrogen (secondary N) is 2. The van der Waals surface area contributed by atoms with E-state index in [1.165, 1.54) is 0 Å². The average molecular weight is 362 g/mol. The molecule has 1 aliphatic heterocycles. The molecule has 10 nitrogen and oxygen atoms in total. The van der Waals surface area contributed by atoms with Crippen molar-refractivity contribution in [1.82, 2.24) is 30.3 Å². The van der Waals surface area contributed by atoms with Crippen LogP contribution in [-0.2, 0) is 28.9 Å². The zero-order valence-corrected chi connectivity index (χ0v) is 14.8. The highest BCUT2D eigenvalue weighted by atomic mass is 16.5. The fraction of sp³-hybridized carbons (Fsp3) is 0.562. The molecular formula is C16H22N6O4. The second kappa shape index (κ2) is 8.09. The molecule has 1 atom stereocenters. The maximum atomic E-state index is 12.3. The van der Waals surface area contributed by atoms with Crippen molar-refractivity contribution in [3.63, 3.8) is 0 Å². The van der Waals surface area contributed by atoms with Crippen LogP contribution in [0.1, 0.15) is 34.4 Å².